The second-order valence-corrected chi connectivity index (χ2v) is 6.74. The van der Waals surface area contributed by atoms with E-state index in [1.54, 1.807) is 12.1 Å². The van der Waals surface area contributed by atoms with Crippen LogP contribution in [0.1, 0.15) is 15.9 Å². The third kappa shape index (κ3) is 5.76. The van der Waals surface area contributed by atoms with Gasteiger partial charge in [-0.2, -0.15) is 0 Å². The second kappa shape index (κ2) is 9.64. The van der Waals surface area contributed by atoms with Gasteiger partial charge >= 0.3 is 5.97 Å². The number of nitrogens with zero attached hydrogens (tertiary/aromatic N) is 1. The van der Waals surface area contributed by atoms with Crippen molar-refractivity contribution in [2.45, 2.75) is 6.54 Å². The average molecular weight is 407 g/mol. The molecule has 2 aromatic rings. The van der Waals surface area contributed by atoms with E-state index in [4.69, 9.17) is 21.1 Å². The fraction of sp³-hybridized carbons (Fsp3) is 0.300. The van der Waals surface area contributed by atoms with Gasteiger partial charge in [-0.15, -0.1) is 0 Å². The molecule has 1 N–H and O–H groups in total. The van der Waals surface area contributed by atoms with E-state index in [2.05, 4.69) is 10.2 Å². The number of nitrogens with one attached hydrogen (secondary N) is 1. The van der Waals surface area contributed by atoms with Crippen LogP contribution in [0.3, 0.4) is 0 Å². The van der Waals surface area contributed by atoms with Crippen molar-refractivity contribution in [1.82, 2.24) is 4.90 Å². The van der Waals surface area contributed by atoms with Crippen LogP contribution in [0.25, 0.3) is 0 Å². The van der Waals surface area contributed by atoms with Gasteiger partial charge in [-0.3, -0.25) is 9.69 Å². The number of anilines is 1. The SMILES string of the molecule is O=C(COC(=O)c1ccc(CN2CCOCC2)cc1)Nc1ccc(F)cc1Cl. The van der Waals surface area contributed by atoms with Crippen LogP contribution in [-0.4, -0.2) is 49.7 Å². The van der Waals surface area contributed by atoms with Gasteiger partial charge in [0.1, 0.15) is 5.82 Å². The summed E-state index contributed by atoms with van der Waals surface area (Å²) in [6.07, 6.45) is 0. The Morgan fingerprint density at radius 3 is 2.54 bits per heavy atom. The maximum Gasteiger partial charge on any atom is 0.338 e. The maximum atomic E-state index is 13.0. The molecule has 0 unspecified atom stereocenters. The highest BCUT2D eigenvalue weighted by Crippen LogP contribution is 2.22. The number of rotatable bonds is 6. The third-order valence-electron chi connectivity index (χ3n) is 4.24. The number of hydrogen-bond acceptors (Lipinski definition) is 5. The van der Waals surface area contributed by atoms with Crippen LogP contribution < -0.4 is 5.32 Å². The van der Waals surface area contributed by atoms with E-state index in [1.807, 2.05) is 12.1 Å². The van der Waals surface area contributed by atoms with Gasteiger partial charge in [0.15, 0.2) is 6.61 Å². The van der Waals surface area contributed by atoms with E-state index in [-0.39, 0.29) is 10.7 Å². The van der Waals surface area contributed by atoms with Gasteiger partial charge in [0.2, 0.25) is 0 Å². The number of carbonyl (C=O) groups is 2. The zero-order chi connectivity index (χ0) is 19.9. The summed E-state index contributed by atoms with van der Waals surface area (Å²) in [5.74, 6) is -1.67. The van der Waals surface area contributed by atoms with Gasteiger partial charge in [0.05, 0.1) is 29.5 Å². The van der Waals surface area contributed by atoms with E-state index in [0.29, 0.717) is 5.56 Å². The number of morpholine rings is 1. The molecule has 3 rings (SSSR count). The summed E-state index contributed by atoms with van der Waals surface area (Å²) < 4.78 is 23.4. The first-order valence-corrected chi connectivity index (χ1v) is 9.20. The van der Waals surface area contributed by atoms with E-state index >= 15 is 0 Å². The van der Waals surface area contributed by atoms with Crippen LogP contribution in [0.5, 0.6) is 0 Å². The predicted octanol–water partition coefficient (Wildman–Crippen LogP) is 3.11. The van der Waals surface area contributed by atoms with Gasteiger partial charge in [-0.1, -0.05) is 23.7 Å². The molecule has 0 saturated carbocycles. The zero-order valence-corrected chi connectivity index (χ0v) is 15.9. The summed E-state index contributed by atoms with van der Waals surface area (Å²) in [6.45, 7) is 3.56. The Morgan fingerprint density at radius 1 is 1.14 bits per heavy atom. The van der Waals surface area contributed by atoms with Crippen LogP contribution in [0.2, 0.25) is 5.02 Å². The molecular formula is C20H20ClFN2O4. The van der Waals surface area contributed by atoms with Crippen molar-refractivity contribution in [3.8, 4) is 0 Å². The molecule has 1 fully saturated rings. The summed E-state index contributed by atoms with van der Waals surface area (Å²) in [4.78, 5) is 26.3. The third-order valence-corrected chi connectivity index (χ3v) is 4.55. The largest absolute Gasteiger partial charge is 0.452 e. The number of esters is 1. The molecule has 1 aliphatic rings. The van der Waals surface area contributed by atoms with Crippen LogP contribution in [-0.2, 0) is 20.8 Å². The summed E-state index contributed by atoms with van der Waals surface area (Å²) in [7, 11) is 0. The van der Waals surface area contributed by atoms with E-state index in [9.17, 15) is 14.0 Å². The van der Waals surface area contributed by atoms with Crippen molar-refractivity contribution in [2.24, 2.45) is 0 Å². The molecule has 6 nitrogen and oxygen atoms in total. The van der Waals surface area contributed by atoms with Crippen molar-refractivity contribution >= 4 is 29.2 Å². The van der Waals surface area contributed by atoms with Crippen LogP contribution in [0.15, 0.2) is 42.5 Å². The molecule has 1 saturated heterocycles. The minimum atomic E-state index is -0.599. The number of halogens is 2. The molecule has 8 heteroatoms. The fourth-order valence-electron chi connectivity index (χ4n) is 2.76. The normalized spacial score (nSPS) is 14.5. The fourth-order valence-corrected chi connectivity index (χ4v) is 2.97. The Kier molecular flexibility index (Phi) is 6.97. The molecule has 0 atom stereocenters. The summed E-state index contributed by atoms with van der Waals surface area (Å²) in [5.41, 5.74) is 1.69. The average Bonchev–Trinajstić information content (AvgIpc) is 2.70. The molecule has 1 heterocycles. The van der Waals surface area contributed by atoms with Gasteiger partial charge in [0, 0.05) is 19.6 Å². The molecule has 0 radical (unpaired) electrons. The lowest BCUT2D eigenvalue weighted by Crippen LogP contribution is -2.35. The first kappa shape index (κ1) is 20.3. The highest BCUT2D eigenvalue weighted by molar-refractivity contribution is 6.33. The molecule has 0 aliphatic carbocycles. The Morgan fingerprint density at radius 2 is 1.86 bits per heavy atom. The Bertz CT molecular complexity index is 839. The molecule has 0 bridgehead atoms. The molecule has 0 aromatic heterocycles. The lowest BCUT2D eigenvalue weighted by atomic mass is 10.1. The Balaban J connectivity index is 1.48. The monoisotopic (exact) mass is 406 g/mol. The summed E-state index contributed by atoms with van der Waals surface area (Å²) >= 11 is 5.84. The lowest BCUT2D eigenvalue weighted by molar-refractivity contribution is -0.119. The molecule has 2 aromatic carbocycles. The van der Waals surface area contributed by atoms with E-state index in [1.165, 1.54) is 12.1 Å². The molecule has 148 valence electrons. The van der Waals surface area contributed by atoms with Gasteiger partial charge in [-0.05, 0) is 35.9 Å². The minimum Gasteiger partial charge on any atom is -0.452 e. The quantitative estimate of drug-likeness (QED) is 0.746. The number of amides is 1. The highest BCUT2D eigenvalue weighted by Gasteiger charge is 2.14. The molecule has 1 aliphatic heterocycles. The van der Waals surface area contributed by atoms with E-state index in [0.717, 1.165) is 44.5 Å². The number of carbonyl (C=O) groups excluding carboxylic acids is 2. The van der Waals surface area contributed by atoms with Crippen molar-refractivity contribution in [1.29, 1.82) is 0 Å². The first-order valence-electron chi connectivity index (χ1n) is 8.82. The second-order valence-electron chi connectivity index (χ2n) is 6.33. The van der Waals surface area contributed by atoms with Crippen molar-refractivity contribution in [2.75, 3.05) is 38.2 Å². The van der Waals surface area contributed by atoms with E-state index < -0.39 is 24.3 Å². The first-order chi connectivity index (χ1) is 13.5. The standard InChI is InChI=1S/C20H20ClFN2O4/c21-17-11-16(22)5-6-18(17)23-19(25)13-28-20(26)15-3-1-14(2-4-15)12-24-7-9-27-10-8-24/h1-6,11H,7-10,12-13H2,(H,23,25). The smallest absolute Gasteiger partial charge is 0.338 e. The molecule has 28 heavy (non-hydrogen) atoms. The molecule has 0 spiro atoms. The lowest BCUT2D eigenvalue weighted by Gasteiger charge is -2.26. The van der Waals surface area contributed by atoms with Crippen molar-refractivity contribution < 1.29 is 23.5 Å². The summed E-state index contributed by atoms with van der Waals surface area (Å²) in [5, 5.41) is 2.53. The van der Waals surface area contributed by atoms with Gasteiger partial charge in [-0.25, -0.2) is 9.18 Å². The summed E-state index contributed by atoms with van der Waals surface area (Å²) in [6, 6.07) is 10.7. The maximum absolute atomic E-state index is 13.0. The zero-order valence-electron chi connectivity index (χ0n) is 15.1. The van der Waals surface area contributed by atoms with Gasteiger partial charge in [0.25, 0.3) is 5.91 Å². The van der Waals surface area contributed by atoms with Crippen LogP contribution in [0.4, 0.5) is 10.1 Å². The van der Waals surface area contributed by atoms with Crippen LogP contribution >= 0.6 is 11.6 Å². The predicted molar refractivity (Wildman–Crippen MR) is 103 cm³/mol. The molecule has 1 amide bonds. The molecular weight excluding hydrogens is 387 g/mol. The highest BCUT2D eigenvalue weighted by atomic mass is 35.5. The Labute approximate surface area is 167 Å². The topological polar surface area (TPSA) is 67.9 Å². The van der Waals surface area contributed by atoms with Gasteiger partial charge < -0.3 is 14.8 Å². The number of hydrogen-bond donors (Lipinski definition) is 1. The van der Waals surface area contributed by atoms with Crippen molar-refractivity contribution in [3.63, 3.8) is 0 Å². The Hall–Kier alpha value is -2.48. The number of ether oxygens (including phenoxy) is 2. The number of benzene rings is 2. The van der Waals surface area contributed by atoms with Crippen molar-refractivity contribution in [3.05, 3.63) is 64.4 Å². The minimum absolute atomic E-state index is 0.0653. The van der Waals surface area contributed by atoms with Crippen LogP contribution in [0, 0.1) is 5.82 Å².